The molecular formula is C13H14O4. The number of carbonyl (C=O) groups is 2. The fourth-order valence-corrected chi connectivity index (χ4v) is 2.13. The highest BCUT2D eigenvalue weighted by atomic mass is 16.6. The van der Waals surface area contributed by atoms with Crippen molar-refractivity contribution in [1.82, 2.24) is 0 Å². The van der Waals surface area contributed by atoms with Crippen LogP contribution in [-0.4, -0.2) is 25.2 Å². The van der Waals surface area contributed by atoms with Crippen molar-refractivity contribution >= 4 is 11.9 Å². The summed E-state index contributed by atoms with van der Waals surface area (Å²) in [4.78, 5) is 23.2. The average molecular weight is 234 g/mol. The molecule has 1 aromatic carbocycles. The summed E-state index contributed by atoms with van der Waals surface area (Å²) in [7, 11) is 1.29. The van der Waals surface area contributed by atoms with Crippen LogP contribution in [0.3, 0.4) is 0 Å². The standard InChI is InChI=1S/C13H14O4/c1-7-4-8(2)9-6-11(13(15)16-3)17-12(14)10(9)5-7/h4-5,11H,6H2,1-3H3. The molecule has 1 aromatic rings. The van der Waals surface area contributed by atoms with Crippen molar-refractivity contribution in [1.29, 1.82) is 0 Å². The van der Waals surface area contributed by atoms with Gasteiger partial charge in [0.15, 0.2) is 0 Å². The maximum absolute atomic E-state index is 11.8. The van der Waals surface area contributed by atoms with Crippen molar-refractivity contribution in [3.63, 3.8) is 0 Å². The van der Waals surface area contributed by atoms with Gasteiger partial charge in [0.05, 0.1) is 12.7 Å². The van der Waals surface area contributed by atoms with Crippen LogP contribution in [0.15, 0.2) is 12.1 Å². The molecule has 1 unspecified atom stereocenters. The Morgan fingerprint density at radius 2 is 2.12 bits per heavy atom. The van der Waals surface area contributed by atoms with E-state index in [1.54, 1.807) is 6.07 Å². The molecule has 0 bridgehead atoms. The molecule has 90 valence electrons. The highest BCUT2D eigenvalue weighted by Gasteiger charge is 2.32. The molecular weight excluding hydrogens is 220 g/mol. The lowest BCUT2D eigenvalue weighted by atomic mass is 9.92. The number of carbonyl (C=O) groups excluding carboxylic acids is 2. The second-order valence-corrected chi connectivity index (χ2v) is 4.23. The molecule has 0 fully saturated rings. The Labute approximate surface area is 99.5 Å². The lowest BCUT2D eigenvalue weighted by Gasteiger charge is -2.24. The molecule has 0 aliphatic carbocycles. The van der Waals surface area contributed by atoms with E-state index in [-0.39, 0.29) is 0 Å². The number of ether oxygens (including phenoxy) is 2. The predicted octanol–water partition coefficient (Wildman–Crippen LogP) is 1.56. The van der Waals surface area contributed by atoms with E-state index < -0.39 is 18.0 Å². The van der Waals surface area contributed by atoms with Gasteiger partial charge in [-0.2, -0.15) is 0 Å². The van der Waals surface area contributed by atoms with Crippen LogP contribution in [0.2, 0.25) is 0 Å². The van der Waals surface area contributed by atoms with E-state index >= 15 is 0 Å². The number of aryl methyl sites for hydroxylation is 2. The molecule has 2 rings (SSSR count). The van der Waals surface area contributed by atoms with Crippen molar-refractivity contribution in [2.75, 3.05) is 7.11 Å². The van der Waals surface area contributed by atoms with Gasteiger partial charge in [0.2, 0.25) is 6.10 Å². The van der Waals surface area contributed by atoms with Gasteiger partial charge in [-0.1, -0.05) is 6.07 Å². The Hall–Kier alpha value is -1.84. The van der Waals surface area contributed by atoms with Gasteiger partial charge in [-0.05, 0) is 36.6 Å². The minimum absolute atomic E-state index is 0.389. The molecule has 0 radical (unpaired) electrons. The quantitative estimate of drug-likeness (QED) is 0.692. The minimum Gasteiger partial charge on any atom is -0.466 e. The fraction of sp³-hybridized carbons (Fsp3) is 0.385. The number of hydrogen-bond donors (Lipinski definition) is 0. The lowest BCUT2D eigenvalue weighted by Crippen LogP contribution is -2.35. The zero-order valence-corrected chi connectivity index (χ0v) is 10.1. The summed E-state index contributed by atoms with van der Waals surface area (Å²) >= 11 is 0. The Kier molecular flexibility index (Phi) is 2.88. The first kappa shape index (κ1) is 11.6. The number of benzene rings is 1. The smallest absolute Gasteiger partial charge is 0.347 e. The zero-order chi connectivity index (χ0) is 12.6. The second kappa shape index (κ2) is 4.20. The maximum atomic E-state index is 11.8. The average Bonchev–Trinajstić information content (AvgIpc) is 2.29. The summed E-state index contributed by atoms with van der Waals surface area (Å²) in [5.41, 5.74) is 3.45. The SMILES string of the molecule is COC(=O)C1Cc2c(C)cc(C)cc2C(=O)O1. The van der Waals surface area contributed by atoms with Gasteiger partial charge in [0.1, 0.15) is 0 Å². The van der Waals surface area contributed by atoms with Crippen LogP contribution in [0.25, 0.3) is 0 Å². The minimum atomic E-state index is -0.818. The molecule has 1 aliphatic heterocycles. The van der Waals surface area contributed by atoms with Gasteiger partial charge in [0.25, 0.3) is 0 Å². The summed E-state index contributed by atoms with van der Waals surface area (Å²) in [5, 5.41) is 0. The topological polar surface area (TPSA) is 52.6 Å². The Bertz CT molecular complexity index is 490. The third-order valence-electron chi connectivity index (χ3n) is 2.94. The molecule has 17 heavy (non-hydrogen) atoms. The summed E-state index contributed by atoms with van der Waals surface area (Å²) in [6, 6.07) is 3.78. The van der Waals surface area contributed by atoms with Crippen LogP contribution >= 0.6 is 0 Å². The van der Waals surface area contributed by atoms with E-state index in [4.69, 9.17) is 4.74 Å². The molecule has 1 heterocycles. The predicted molar refractivity (Wildman–Crippen MR) is 60.8 cm³/mol. The molecule has 1 atom stereocenters. The molecule has 0 amide bonds. The van der Waals surface area contributed by atoms with Crippen LogP contribution in [-0.2, 0) is 20.7 Å². The van der Waals surface area contributed by atoms with Gasteiger partial charge in [0, 0.05) is 6.42 Å². The van der Waals surface area contributed by atoms with Crippen LogP contribution in [0.1, 0.15) is 27.0 Å². The largest absolute Gasteiger partial charge is 0.466 e. The Morgan fingerprint density at radius 3 is 2.76 bits per heavy atom. The molecule has 4 heteroatoms. The van der Waals surface area contributed by atoms with Gasteiger partial charge in [-0.3, -0.25) is 0 Å². The fourth-order valence-electron chi connectivity index (χ4n) is 2.13. The first-order valence-electron chi connectivity index (χ1n) is 5.42. The molecule has 1 aliphatic rings. The number of cyclic esters (lactones) is 1. The van der Waals surface area contributed by atoms with Crippen LogP contribution in [0.5, 0.6) is 0 Å². The van der Waals surface area contributed by atoms with Gasteiger partial charge in [-0.25, -0.2) is 9.59 Å². The van der Waals surface area contributed by atoms with Gasteiger partial charge < -0.3 is 9.47 Å². The molecule has 0 saturated heterocycles. The number of rotatable bonds is 1. The second-order valence-electron chi connectivity index (χ2n) is 4.23. The summed E-state index contributed by atoms with van der Waals surface area (Å²) in [6.07, 6.45) is -0.429. The monoisotopic (exact) mass is 234 g/mol. The highest BCUT2D eigenvalue weighted by molar-refractivity contribution is 5.95. The van der Waals surface area contributed by atoms with E-state index in [1.165, 1.54) is 7.11 Å². The number of esters is 2. The van der Waals surface area contributed by atoms with E-state index in [2.05, 4.69) is 4.74 Å². The normalized spacial score (nSPS) is 18.3. The maximum Gasteiger partial charge on any atom is 0.347 e. The van der Waals surface area contributed by atoms with Crippen molar-refractivity contribution in [3.05, 3.63) is 34.4 Å². The van der Waals surface area contributed by atoms with Crippen LogP contribution in [0, 0.1) is 13.8 Å². The summed E-state index contributed by atoms with van der Waals surface area (Å²) in [5.74, 6) is -0.961. The van der Waals surface area contributed by atoms with Crippen molar-refractivity contribution in [3.8, 4) is 0 Å². The Balaban J connectivity index is 2.43. The van der Waals surface area contributed by atoms with Gasteiger partial charge in [-0.15, -0.1) is 0 Å². The molecule has 0 aromatic heterocycles. The molecule has 0 saturated carbocycles. The van der Waals surface area contributed by atoms with E-state index in [0.717, 1.165) is 16.7 Å². The molecule has 0 spiro atoms. The van der Waals surface area contributed by atoms with E-state index in [0.29, 0.717) is 12.0 Å². The van der Waals surface area contributed by atoms with E-state index in [1.807, 2.05) is 19.9 Å². The summed E-state index contributed by atoms with van der Waals surface area (Å²) < 4.78 is 9.66. The molecule has 4 nitrogen and oxygen atoms in total. The first-order valence-corrected chi connectivity index (χ1v) is 5.42. The van der Waals surface area contributed by atoms with Crippen molar-refractivity contribution < 1.29 is 19.1 Å². The van der Waals surface area contributed by atoms with E-state index in [9.17, 15) is 9.59 Å². The lowest BCUT2D eigenvalue weighted by molar-refractivity contribution is -0.151. The number of fused-ring (bicyclic) bond motifs is 1. The van der Waals surface area contributed by atoms with Gasteiger partial charge >= 0.3 is 11.9 Å². The number of methoxy groups -OCH3 is 1. The number of hydrogen-bond acceptors (Lipinski definition) is 4. The third kappa shape index (κ3) is 2.02. The molecule has 0 N–H and O–H groups in total. The van der Waals surface area contributed by atoms with Crippen LogP contribution < -0.4 is 0 Å². The van der Waals surface area contributed by atoms with Crippen molar-refractivity contribution in [2.45, 2.75) is 26.4 Å². The van der Waals surface area contributed by atoms with Crippen LogP contribution in [0.4, 0.5) is 0 Å². The zero-order valence-electron chi connectivity index (χ0n) is 10.1. The highest BCUT2D eigenvalue weighted by Crippen LogP contribution is 2.25. The summed E-state index contributed by atoms with van der Waals surface area (Å²) in [6.45, 7) is 3.85. The van der Waals surface area contributed by atoms with Crippen molar-refractivity contribution in [2.24, 2.45) is 0 Å². The first-order chi connectivity index (χ1) is 8.02. The Morgan fingerprint density at radius 1 is 1.41 bits per heavy atom. The third-order valence-corrected chi connectivity index (χ3v) is 2.94.